The van der Waals surface area contributed by atoms with Gasteiger partial charge in [0.05, 0.1) is 12.8 Å². The maximum Gasteiger partial charge on any atom is 0.213 e. The minimum atomic E-state index is 0.641. The van der Waals surface area contributed by atoms with Crippen LogP contribution in [0.5, 0.6) is 5.88 Å². The fourth-order valence-corrected chi connectivity index (χ4v) is 1.62. The average molecular weight is 247 g/mol. The summed E-state index contributed by atoms with van der Waals surface area (Å²) in [4.78, 5) is 4.33. The standard InChI is InChI=1S/C12H17N5O/c1-17-9-14-16-11(17)6-7-13-8-10-4-3-5-12(15-10)18-2/h3-5,9,13H,6-8H2,1-2H3. The predicted octanol–water partition coefficient (Wildman–Crippen LogP) is 0.551. The molecule has 0 saturated carbocycles. The zero-order valence-corrected chi connectivity index (χ0v) is 10.6. The number of hydrogen-bond donors (Lipinski definition) is 1. The molecule has 0 amide bonds. The van der Waals surface area contributed by atoms with E-state index in [9.17, 15) is 0 Å². The molecular formula is C12H17N5O. The molecule has 0 aliphatic rings. The topological polar surface area (TPSA) is 64.9 Å². The van der Waals surface area contributed by atoms with E-state index in [0.29, 0.717) is 5.88 Å². The van der Waals surface area contributed by atoms with Gasteiger partial charge in [0.1, 0.15) is 12.2 Å². The Bertz CT molecular complexity index is 497. The maximum atomic E-state index is 5.08. The second kappa shape index (κ2) is 6.11. The molecule has 2 heterocycles. The predicted molar refractivity (Wildman–Crippen MR) is 67.2 cm³/mol. The summed E-state index contributed by atoms with van der Waals surface area (Å²) in [6.07, 6.45) is 2.55. The lowest BCUT2D eigenvalue weighted by Crippen LogP contribution is -2.18. The van der Waals surface area contributed by atoms with Crippen LogP contribution >= 0.6 is 0 Å². The molecule has 6 nitrogen and oxygen atoms in total. The lowest BCUT2D eigenvalue weighted by atomic mass is 10.3. The Morgan fingerprint density at radius 1 is 1.39 bits per heavy atom. The van der Waals surface area contributed by atoms with E-state index in [1.807, 2.05) is 29.8 Å². The first kappa shape index (κ1) is 12.5. The van der Waals surface area contributed by atoms with Gasteiger partial charge in [-0.15, -0.1) is 10.2 Å². The molecule has 0 spiro atoms. The van der Waals surface area contributed by atoms with Crippen LogP contribution in [0.4, 0.5) is 0 Å². The van der Waals surface area contributed by atoms with E-state index in [2.05, 4.69) is 20.5 Å². The van der Waals surface area contributed by atoms with Crippen molar-refractivity contribution >= 4 is 0 Å². The number of nitrogens with zero attached hydrogens (tertiary/aromatic N) is 4. The monoisotopic (exact) mass is 247 g/mol. The van der Waals surface area contributed by atoms with Crippen LogP contribution in [0.15, 0.2) is 24.5 Å². The van der Waals surface area contributed by atoms with Crippen LogP contribution in [0.2, 0.25) is 0 Å². The minimum absolute atomic E-state index is 0.641. The average Bonchev–Trinajstić information content (AvgIpc) is 2.81. The van der Waals surface area contributed by atoms with Gasteiger partial charge in [-0.25, -0.2) is 4.98 Å². The SMILES string of the molecule is COc1cccc(CNCCc2nncn2C)n1. The highest BCUT2D eigenvalue weighted by Gasteiger charge is 2.01. The number of hydrogen-bond acceptors (Lipinski definition) is 5. The number of rotatable bonds is 6. The van der Waals surface area contributed by atoms with E-state index in [1.54, 1.807) is 13.4 Å². The summed E-state index contributed by atoms with van der Waals surface area (Å²) in [5.41, 5.74) is 0.965. The molecule has 6 heteroatoms. The summed E-state index contributed by atoms with van der Waals surface area (Å²) in [5, 5.41) is 11.2. The molecule has 2 rings (SSSR count). The fraction of sp³-hybridized carbons (Fsp3) is 0.417. The molecule has 0 saturated heterocycles. The van der Waals surface area contributed by atoms with E-state index in [1.165, 1.54) is 0 Å². The Balaban J connectivity index is 1.76. The third-order valence-corrected chi connectivity index (χ3v) is 2.63. The molecule has 18 heavy (non-hydrogen) atoms. The van der Waals surface area contributed by atoms with E-state index in [0.717, 1.165) is 31.0 Å². The van der Waals surface area contributed by atoms with E-state index < -0.39 is 0 Å². The molecule has 0 fully saturated rings. The first-order valence-electron chi connectivity index (χ1n) is 5.83. The highest BCUT2D eigenvalue weighted by molar-refractivity contribution is 5.15. The van der Waals surface area contributed by atoms with Gasteiger partial charge < -0.3 is 14.6 Å². The molecule has 96 valence electrons. The summed E-state index contributed by atoms with van der Waals surface area (Å²) < 4.78 is 7.00. The van der Waals surface area contributed by atoms with Crippen LogP contribution < -0.4 is 10.1 Å². The van der Waals surface area contributed by atoms with Crippen molar-refractivity contribution in [2.45, 2.75) is 13.0 Å². The van der Waals surface area contributed by atoms with Gasteiger partial charge in [-0.05, 0) is 6.07 Å². The molecule has 0 bridgehead atoms. The molecule has 0 radical (unpaired) electrons. The zero-order chi connectivity index (χ0) is 12.8. The zero-order valence-electron chi connectivity index (χ0n) is 10.6. The van der Waals surface area contributed by atoms with Crippen molar-refractivity contribution in [3.8, 4) is 5.88 Å². The Kier molecular flexibility index (Phi) is 4.25. The minimum Gasteiger partial charge on any atom is -0.481 e. The molecule has 0 aliphatic carbocycles. The number of pyridine rings is 1. The molecular weight excluding hydrogens is 230 g/mol. The van der Waals surface area contributed by atoms with Crippen LogP contribution in [0.25, 0.3) is 0 Å². The number of aromatic nitrogens is 4. The highest BCUT2D eigenvalue weighted by atomic mass is 16.5. The Morgan fingerprint density at radius 2 is 2.28 bits per heavy atom. The smallest absolute Gasteiger partial charge is 0.213 e. The van der Waals surface area contributed by atoms with Crippen LogP contribution in [0.1, 0.15) is 11.5 Å². The molecule has 2 aromatic rings. The molecule has 2 aromatic heterocycles. The molecule has 0 aromatic carbocycles. The van der Waals surface area contributed by atoms with Gasteiger partial charge in [-0.3, -0.25) is 0 Å². The van der Waals surface area contributed by atoms with Crippen molar-refractivity contribution in [2.75, 3.05) is 13.7 Å². The largest absolute Gasteiger partial charge is 0.481 e. The molecule has 1 N–H and O–H groups in total. The summed E-state index contributed by atoms with van der Waals surface area (Å²) in [6.45, 7) is 1.56. The molecule has 0 unspecified atom stereocenters. The maximum absolute atomic E-state index is 5.08. The number of nitrogens with one attached hydrogen (secondary N) is 1. The quantitative estimate of drug-likeness (QED) is 0.755. The second-order valence-electron chi connectivity index (χ2n) is 3.96. The fourth-order valence-electron chi connectivity index (χ4n) is 1.62. The highest BCUT2D eigenvalue weighted by Crippen LogP contribution is 2.06. The Labute approximate surface area is 106 Å². The number of ether oxygens (including phenoxy) is 1. The van der Waals surface area contributed by atoms with Crippen molar-refractivity contribution in [1.29, 1.82) is 0 Å². The van der Waals surface area contributed by atoms with Gasteiger partial charge in [0.15, 0.2) is 0 Å². The van der Waals surface area contributed by atoms with Crippen molar-refractivity contribution in [2.24, 2.45) is 7.05 Å². The van der Waals surface area contributed by atoms with Crippen LogP contribution in [-0.4, -0.2) is 33.4 Å². The summed E-state index contributed by atoms with van der Waals surface area (Å²) in [5.74, 6) is 1.61. The Hall–Kier alpha value is -1.95. The number of methoxy groups -OCH3 is 1. The van der Waals surface area contributed by atoms with Crippen LogP contribution in [-0.2, 0) is 20.0 Å². The van der Waals surface area contributed by atoms with Gasteiger partial charge in [-0.2, -0.15) is 0 Å². The van der Waals surface area contributed by atoms with E-state index in [4.69, 9.17) is 4.74 Å². The first-order chi connectivity index (χ1) is 8.79. The van der Waals surface area contributed by atoms with Gasteiger partial charge in [0.25, 0.3) is 0 Å². The van der Waals surface area contributed by atoms with Crippen LogP contribution in [0, 0.1) is 0 Å². The van der Waals surface area contributed by atoms with Gasteiger partial charge >= 0.3 is 0 Å². The lowest BCUT2D eigenvalue weighted by Gasteiger charge is -2.05. The first-order valence-corrected chi connectivity index (χ1v) is 5.83. The van der Waals surface area contributed by atoms with Crippen molar-refractivity contribution in [3.63, 3.8) is 0 Å². The van der Waals surface area contributed by atoms with E-state index in [-0.39, 0.29) is 0 Å². The lowest BCUT2D eigenvalue weighted by molar-refractivity contribution is 0.395. The van der Waals surface area contributed by atoms with Crippen molar-refractivity contribution in [1.82, 2.24) is 25.1 Å². The van der Waals surface area contributed by atoms with E-state index >= 15 is 0 Å². The summed E-state index contributed by atoms with van der Waals surface area (Å²) in [6, 6.07) is 5.74. The van der Waals surface area contributed by atoms with Crippen molar-refractivity contribution < 1.29 is 4.74 Å². The molecule has 0 aliphatic heterocycles. The molecule has 0 atom stereocenters. The van der Waals surface area contributed by atoms with Crippen LogP contribution in [0.3, 0.4) is 0 Å². The Morgan fingerprint density at radius 3 is 3.00 bits per heavy atom. The number of aryl methyl sites for hydroxylation is 1. The van der Waals surface area contributed by atoms with Crippen molar-refractivity contribution in [3.05, 3.63) is 36.0 Å². The van der Waals surface area contributed by atoms with Gasteiger partial charge in [0, 0.05) is 32.6 Å². The summed E-state index contributed by atoms with van der Waals surface area (Å²) in [7, 11) is 3.56. The normalized spacial score (nSPS) is 10.6. The second-order valence-corrected chi connectivity index (χ2v) is 3.96. The van der Waals surface area contributed by atoms with Gasteiger partial charge in [-0.1, -0.05) is 6.07 Å². The third-order valence-electron chi connectivity index (χ3n) is 2.63. The van der Waals surface area contributed by atoms with Gasteiger partial charge in [0.2, 0.25) is 5.88 Å². The summed E-state index contributed by atoms with van der Waals surface area (Å²) >= 11 is 0. The third kappa shape index (κ3) is 3.27.